The number of alkyl halides is 2. The minimum Gasteiger partial charge on any atom is -0.355 e. The maximum atomic E-state index is 14.0. The highest BCUT2D eigenvalue weighted by Crippen LogP contribution is 2.34. The van der Waals surface area contributed by atoms with Crippen LogP contribution in [0, 0.1) is 5.82 Å². The molecule has 0 spiro atoms. The second kappa shape index (κ2) is 5.14. The smallest absolute Gasteiger partial charge is 0.251 e. The number of rotatable bonds is 1. The van der Waals surface area contributed by atoms with E-state index in [2.05, 4.69) is 15.0 Å². The van der Waals surface area contributed by atoms with Gasteiger partial charge >= 0.3 is 0 Å². The topological polar surface area (TPSA) is 41.9 Å². The quantitative estimate of drug-likeness (QED) is 0.588. The molecule has 0 unspecified atom stereocenters. The fourth-order valence-electron chi connectivity index (χ4n) is 2.28. The molecular formula is C12H9Cl2F3N4. The Morgan fingerprint density at radius 3 is 2.48 bits per heavy atom. The zero-order valence-corrected chi connectivity index (χ0v) is 12.1. The van der Waals surface area contributed by atoms with Crippen LogP contribution in [0.3, 0.4) is 0 Å². The highest BCUT2D eigenvalue weighted by Gasteiger charge is 2.35. The van der Waals surface area contributed by atoms with Gasteiger partial charge in [0.05, 0.1) is 5.39 Å². The van der Waals surface area contributed by atoms with Crippen LogP contribution in [0.4, 0.5) is 19.0 Å². The van der Waals surface area contributed by atoms with E-state index in [1.165, 1.54) is 6.20 Å². The number of anilines is 1. The van der Waals surface area contributed by atoms with Gasteiger partial charge in [-0.2, -0.15) is 4.98 Å². The lowest BCUT2D eigenvalue weighted by Gasteiger charge is -2.33. The molecular weight excluding hydrogens is 328 g/mol. The van der Waals surface area contributed by atoms with Gasteiger partial charge in [-0.25, -0.2) is 23.1 Å². The largest absolute Gasteiger partial charge is 0.355 e. The van der Waals surface area contributed by atoms with Crippen LogP contribution in [0.15, 0.2) is 6.20 Å². The number of fused-ring (bicyclic) bond motifs is 1. The Kier molecular flexibility index (Phi) is 3.57. The molecule has 1 aliphatic heterocycles. The fraction of sp³-hybridized carbons (Fsp3) is 0.417. The third kappa shape index (κ3) is 2.72. The number of pyridine rings is 1. The molecule has 0 atom stereocenters. The van der Waals surface area contributed by atoms with Crippen molar-refractivity contribution in [1.29, 1.82) is 0 Å². The van der Waals surface area contributed by atoms with Gasteiger partial charge < -0.3 is 4.90 Å². The summed E-state index contributed by atoms with van der Waals surface area (Å²) in [6.07, 6.45) is 0.735. The molecule has 1 saturated heterocycles. The van der Waals surface area contributed by atoms with E-state index in [0.29, 0.717) is 11.2 Å². The number of nitrogens with zero attached hydrogens (tertiary/aromatic N) is 4. The van der Waals surface area contributed by atoms with Crippen molar-refractivity contribution >= 4 is 39.9 Å². The van der Waals surface area contributed by atoms with Crippen molar-refractivity contribution in [2.75, 3.05) is 18.0 Å². The second-order valence-electron chi connectivity index (χ2n) is 4.78. The molecule has 21 heavy (non-hydrogen) atoms. The van der Waals surface area contributed by atoms with Gasteiger partial charge in [0.25, 0.3) is 5.92 Å². The van der Waals surface area contributed by atoms with Crippen LogP contribution < -0.4 is 4.90 Å². The number of aromatic nitrogens is 3. The molecule has 2 aromatic rings. The molecule has 0 saturated carbocycles. The van der Waals surface area contributed by atoms with Crippen molar-refractivity contribution in [2.45, 2.75) is 18.8 Å². The maximum Gasteiger partial charge on any atom is 0.251 e. The molecule has 0 N–H and O–H groups in total. The molecule has 0 aliphatic carbocycles. The summed E-state index contributed by atoms with van der Waals surface area (Å²) in [5.74, 6) is -3.19. The Labute approximate surface area is 127 Å². The van der Waals surface area contributed by atoms with Gasteiger partial charge in [0.15, 0.2) is 11.0 Å². The average molecular weight is 337 g/mol. The first-order valence-corrected chi connectivity index (χ1v) is 6.93. The Balaban J connectivity index is 2.09. The van der Waals surface area contributed by atoms with E-state index >= 15 is 0 Å². The third-order valence-electron chi connectivity index (χ3n) is 3.39. The molecule has 0 amide bonds. The van der Waals surface area contributed by atoms with Crippen LogP contribution in [0.5, 0.6) is 0 Å². The minimum absolute atomic E-state index is 0.0673. The summed E-state index contributed by atoms with van der Waals surface area (Å²) in [6.45, 7) is 0.194. The number of piperidine rings is 1. The Morgan fingerprint density at radius 1 is 1.14 bits per heavy atom. The Bertz CT molecular complexity index is 700. The van der Waals surface area contributed by atoms with Crippen molar-refractivity contribution in [3.8, 4) is 0 Å². The van der Waals surface area contributed by atoms with Crippen LogP contribution in [0.25, 0.3) is 10.9 Å². The zero-order valence-electron chi connectivity index (χ0n) is 10.6. The lowest BCUT2D eigenvalue weighted by atomic mass is 10.1. The molecule has 1 fully saturated rings. The summed E-state index contributed by atoms with van der Waals surface area (Å²) in [7, 11) is 0. The van der Waals surface area contributed by atoms with Gasteiger partial charge in [-0.3, -0.25) is 0 Å². The minimum atomic E-state index is -2.68. The first-order chi connectivity index (χ1) is 9.87. The summed E-state index contributed by atoms with van der Waals surface area (Å²) in [4.78, 5) is 13.2. The lowest BCUT2D eigenvalue weighted by molar-refractivity contribution is -0.0221. The molecule has 1 aliphatic rings. The van der Waals surface area contributed by atoms with E-state index in [9.17, 15) is 13.2 Å². The Morgan fingerprint density at radius 2 is 1.81 bits per heavy atom. The zero-order chi connectivity index (χ0) is 15.2. The average Bonchev–Trinajstić information content (AvgIpc) is 2.43. The fourth-order valence-corrected chi connectivity index (χ4v) is 2.58. The predicted octanol–water partition coefficient (Wildman–Crippen LogP) is 3.71. The van der Waals surface area contributed by atoms with E-state index in [4.69, 9.17) is 23.2 Å². The maximum absolute atomic E-state index is 14.0. The molecule has 3 rings (SSSR count). The SMILES string of the molecule is Fc1c(Cl)ncc2c(N3CCC(F)(F)CC3)nc(Cl)nc12. The van der Waals surface area contributed by atoms with Crippen molar-refractivity contribution in [3.63, 3.8) is 0 Å². The van der Waals surface area contributed by atoms with E-state index in [0.717, 1.165) is 0 Å². The molecule has 0 aromatic carbocycles. The number of hydrogen-bond acceptors (Lipinski definition) is 4. The molecule has 3 heterocycles. The van der Waals surface area contributed by atoms with Gasteiger partial charge in [-0.1, -0.05) is 11.6 Å². The van der Waals surface area contributed by atoms with Crippen LogP contribution >= 0.6 is 23.2 Å². The first-order valence-electron chi connectivity index (χ1n) is 6.17. The van der Waals surface area contributed by atoms with Crippen molar-refractivity contribution < 1.29 is 13.2 Å². The molecule has 9 heteroatoms. The summed E-state index contributed by atoms with van der Waals surface area (Å²) < 4.78 is 40.4. The monoisotopic (exact) mass is 336 g/mol. The normalized spacial score (nSPS) is 18.2. The third-order valence-corrected chi connectivity index (χ3v) is 3.82. The van der Waals surface area contributed by atoms with Crippen molar-refractivity contribution in [1.82, 2.24) is 15.0 Å². The van der Waals surface area contributed by atoms with Crippen LogP contribution in [-0.2, 0) is 0 Å². The summed E-state index contributed by atoms with van der Waals surface area (Å²) in [6, 6.07) is 0. The number of hydrogen-bond donors (Lipinski definition) is 0. The van der Waals surface area contributed by atoms with Gasteiger partial charge in [-0.05, 0) is 11.6 Å². The van der Waals surface area contributed by atoms with Crippen molar-refractivity contribution in [2.24, 2.45) is 0 Å². The van der Waals surface area contributed by atoms with Crippen LogP contribution in [-0.4, -0.2) is 34.0 Å². The number of halogens is 5. The van der Waals surface area contributed by atoms with Gasteiger partial charge in [0.1, 0.15) is 11.3 Å². The van der Waals surface area contributed by atoms with Crippen molar-refractivity contribution in [3.05, 3.63) is 22.5 Å². The second-order valence-corrected chi connectivity index (χ2v) is 5.48. The standard InChI is InChI=1S/C12H9Cl2F3N4/c13-9-7(15)8-6(5-18-9)10(20-11(14)19-8)21-3-1-12(16,17)2-4-21/h5H,1-4H2. The molecule has 0 bridgehead atoms. The van der Waals surface area contributed by atoms with E-state index in [-0.39, 0.29) is 41.9 Å². The van der Waals surface area contributed by atoms with E-state index < -0.39 is 11.7 Å². The summed E-state index contributed by atoms with van der Waals surface area (Å²) in [5, 5.41) is -0.198. The van der Waals surface area contributed by atoms with Crippen LogP contribution in [0.1, 0.15) is 12.8 Å². The summed E-state index contributed by atoms with van der Waals surface area (Å²) >= 11 is 11.4. The Hall–Kier alpha value is -1.34. The highest BCUT2D eigenvalue weighted by molar-refractivity contribution is 6.30. The van der Waals surface area contributed by atoms with Gasteiger partial charge in [0, 0.05) is 32.1 Å². The predicted molar refractivity (Wildman–Crippen MR) is 73.7 cm³/mol. The van der Waals surface area contributed by atoms with Gasteiger partial charge in [-0.15, -0.1) is 0 Å². The van der Waals surface area contributed by atoms with E-state index in [1.807, 2.05) is 0 Å². The van der Waals surface area contributed by atoms with Crippen LogP contribution in [0.2, 0.25) is 10.4 Å². The molecule has 0 radical (unpaired) electrons. The van der Waals surface area contributed by atoms with Gasteiger partial charge in [0.2, 0.25) is 5.28 Å². The van der Waals surface area contributed by atoms with E-state index in [1.54, 1.807) is 4.90 Å². The summed E-state index contributed by atoms with van der Waals surface area (Å²) in [5.41, 5.74) is -0.0673. The molecule has 2 aromatic heterocycles. The lowest BCUT2D eigenvalue weighted by Crippen LogP contribution is -2.39. The molecule has 112 valence electrons. The first kappa shape index (κ1) is 14.6. The molecule has 4 nitrogen and oxygen atoms in total. The highest BCUT2D eigenvalue weighted by atomic mass is 35.5.